The fraction of sp³-hybridized carbons (Fsp3) is 0.133. The molecule has 3 rings (SSSR count). The van der Waals surface area contributed by atoms with Crippen molar-refractivity contribution in [3.63, 3.8) is 0 Å². The van der Waals surface area contributed by atoms with E-state index in [2.05, 4.69) is 32.9 Å². The number of carbonyl (C=O) groups excluding carboxylic acids is 1. The zero-order valence-electron chi connectivity index (χ0n) is 11.9. The third-order valence-corrected chi connectivity index (χ3v) is 5.16. The van der Waals surface area contributed by atoms with Crippen LogP contribution in [0.2, 0.25) is 0 Å². The molecule has 1 aromatic carbocycles. The fourth-order valence-corrected chi connectivity index (χ4v) is 3.35. The standard InChI is InChI=1S/C15H12IN3O2S/c1-8-9(2)22-15-17-7-12(14(21)19(8)15)13(20)18-11-5-3-10(16)4-6-11/h3-7H,1-2H3,(H,18,20). The van der Waals surface area contributed by atoms with Gasteiger partial charge in [0.05, 0.1) is 0 Å². The molecule has 0 bridgehead atoms. The molecule has 0 aliphatic rings. The van der Waals surface area contributed by atoms with Gasteiger partial charge in [-0.05, 0) is 60.7 Å². The van der Waals surface area contributed by atoms with Gasteiger partial charge < -0.3 is 5.32 Å². The number of benzene rings is 1. The highest BCUT2D eigenvalue weighted by Gasteiger charge is 2.16. The first-order chi connectivity index (χ1) is 10.5. The minimum atomic E-state index is -0.448. The van der Waals surface area contributed by atoms with Gasteiger partial charge in [-0.3, -0.25) is 14.0 Å². The summed E-state index contributed by atoms with van der Waals surface area (Å²) in [6.45, 7) is 3.78. The van der Waals surface area contributed by atoms with Crippen molar-refractivity contribution in [3.05, 3.63) is 60.5 Å². The molecule has 7 heteroatoms. The van der Waals surface area contributed by atoms with Gasteiger partial charge in [0.25, 0.3) is 11.5 Å². The lowest BCUT2D eigenvalue weighted by atomic mass is 10.2. The molecule has 0 saturated heterocycles. The van der Waals surface area contributed by atoms with Gasteiger partial charge in [0.2, 0.25) is 0 Å². The molecule has 0 fully saturated rings. The predicted molar refractivity (Wildman–Crippen MR) is 95.9 cm³/mol. The van der Waals surface area contributed by atoms with Crippen molar-refractivity contribution in [1.82, 2.24) is 9.38 Å². The quantitative estimate of drug-likeness (QED) is 0.642. The molecule has 5 nitrogen and oxygen atoms in total. The number of rotatable bonds is 2. The molecule has 0 saturated carbocycles. The SMILES string of the molecule is Cc1sc2ncc(C(=O)Nc3ccc(I)cc3)c(=O)n2c1C. The van der Waals surface area contributed by atoms with Crippen LogP contribution in [0.5, 0.6) is 0 Å². The van der Waals surface area contributed by atoms with Crippen LogP contribution in [0.4, 0.5) is 5.69 Å². The summed E-state index contributed by atoms with van der Waals surface area (Å²) in [6.07, 6.45) is 1.34. The second-order valence-electron chi connectivity index (χ2n) is 4.80. The third-order valence-electron chi connectivity index (χ3n) is 3.36. The van der Waals surface area contributed by atoms with Crippen LogP contribution in [0.15, 0.2) is 35.3 Å². The van der Waals surface area contributed by atoms with Crippen LogP contribution in [-0.2, 0) is 0 Å². The van der Waals surface area contributed by atoms with E-state index < -0.39 is 5.91 Å². The Morgan fingerprint density at radius 3 is 2.64 bits per heavy atom. The Hall–Kier alpha value is -1.74. The number of nitrogens with zero attached hydrogens (tertiary/aromatic N) is 2. The zero-order chi connectivity index (χ0) is 15.9. The van der Waals surface area contributed by atoms with Gasteiger partial charge in [0.15, 0.2) is 4.96 Å². The van der Waals surface area contributed by atoms with E-state index in [0.717, 1.165) is 14.1 Å². The maximum atomic E-state index is 12.5. The number of carbonyl (C=O) groups is 1. The summed E-state index contributed by atoms with van der Waals surface area (Å²) in [5.41, 5.74) is 1.17. The fourth-order valence-electron chi connectivity index (χ4n) is 2.06. The maximum absolute atomic E-state index is 12.5. The lowest BCUT2D eigenvalue weighted by Gasteiger charge is -2.05. The summed E-state index contributed by atoms with van der Waals surface area (Å²) in [5, 5.41) is 2.73. The number of aromatic nitrogens is 2. The smallest absolute Gasteiger partial charge is 0.271 e. The summed E-state index contributed by atoms with van der Waals surface area (Å²) >= 11 is 3.63. The van der Waals surface area contributed by atoms with E-state index in [9.17, 15) is 9.59 Å². The van der Waals surface area contributed by atoms with Crippen LogP contribution in [0.1, 0.15) is 20.9 Å². The van der Waals surface area contributed by atoms with Gasteiger partial charge in [0.1, 0.15) is 5.56 Å². The summed E-state index contributed by atoms with van der Waals surface area (Å²) < 4.78 is 2.56. The molecule has 22 heavy (non-hydrogen) atoms. The Morgan fingerprint density at radius 1 is 1.27 bits per heavy atom. The number of nitrogens with one attached hydrogen (secondary N) is 1. The molecule has 0 aliphatic heterocycles. The van der Waals surface area contributed by atoms with E-state index in [-0.39, 0.29) is 11.1 Å². The van der Waals surface area contributed by atoms with Crippen LogP contribution >= 0.6 is 33.9 Å². The minimum Gasteiger partial charge on any atom is -0.322 e. The number of thiazole rings is 1. The average molecular weight is 425 g/mol. The Morgan fingerprint density at radius 2 is 1.95 bits per heavy atom. The first-order valence-electron chi connectivity index (χ1n) is 6.52. The lowest BCUT2D eigenvalue weighted by Crippen LogP contribution is -2.26. The Bertz CT molecular complexity index is 928. The molecule has 0 atom stereocenters. The van der Waals surface area contributed by atoms with E-state index in [1.807, 2.05) is 26.0 Å². The average Bonchev–Trinajstić information content (AvgIpc) is 2.77. The molecule has 0 spiro atoms. The highest BCUT2D eigenvalue weighted by atomic mass is 127. The van der Waals surface area contributed by atoms with E-state index in [4.69, 9.17) is 0 Å². The van der Waals surface area contributed by atoms with Crippen molar-refractivity contribution in [2.24, 2.45) is 0 Å². The van der Waals surface area contributed by atoms with E-state index in [0.29, 0.717) is 10.6 Å². The predicted octanol–water partition coefficient (Wildman–Crippen LogP) is 3.23. The van der Waals surface area contributed by atoms with Gasteiger partial charge >= 0.3 is 0 Å². The molecular weight excluding hydrogens is 413 g/mol. The maximum Gasteiger partial charge on any atom is 0.271 e. The molecule has 2 aromatic heterocycles. The Kier molecular flexibility index (Phi) is 4.00. The van der Waals surface area contributed by atoms with Crippen molar-refractivity contribution < 1.29 is 4.79 Å². The van der Waals surface area contributed by atoms with Gasteiger partial charge in [-0.25, -0.2) is 4.98 Å². The van der Waals surface area contributed by atoms with Crippen LogP contribution in [0, 0.1) is 17.4 Å². The number of halogens is 1. The molecule has 1 N–H and O–H groups in total. The molecule has 1 amide bonds. The number of hydrogen-bond acceptors (Lipinski definition) is 4. The topological polar surface area (TPSA) is 63.5 Å². The van der Waals surface area contributed by atoms with Gasteiger partial charge in [0, 0.05) is 26.0 Å². The molecule has 2 heterocycles. The normalized spacial score (nSPS) is 10.9. The van der Waals surface area contributed by atoms with Crippen LogP contribution in [0.25, 0.3) is 4.96 Å². The second kappa shape index (κ2) is 5.81. The van der Waals surface area contributed by atoms with Gasteiger partial charge in [-0.2, -0.15) is 0 Å². The summed E-state index contributed by atoms with van der Waals surface area (Å²) in [6, 6.07) is 7.36. The van der Waals surface area contributed by atoms with Crippen LogP contribution in [0.3, 0.4) is 0 Å². The van der Waals surface area contributed by atoms with Crippen molar-refractivity contribution in [2.75, 3.05) is 5.32 Å². The van der Waals surface area contributed by atoms with E-state index in [1.54, 1.807) is 12.1 Å². The third kappa shape index (κ3) is 2.66. The molecule has 0 aliphatic carbocycles. The molecule has 112 valence electrons. The van der Waals surface area contributed by atoms with Crippen molar-refractivity contribution in [3.8, 4) is 0 Å². The Balaban J connectivity index is 2.01. The minimum absolute atomic E-state index is 0.0388. The molecule has 3 aromatic rings. The lowest BCUT2D eigenvalue weighted by molar-refractivity contribution is 0.102. The van der Waals surface area contributed by atoms with E-state index >= 15 is 0 Å². The van der Waals surface area contributed by atoms with Crippen LogP contribution in [-0.4, -0.2) is 15.3 Å². The first kappa shape index (κ1) is 15.2. The monoisotopic (exact) mass is 425 g/mol. The second-order valence-corrected chi connectivity index (χ2v) is 7.23. The van der Waals surface area contributed by atoms with Crippen molar-refractivity contribution in [1.29, 1.82) is 0 Å². The molecular formula is C15H12IN3O2S. The zero-order valence-corrected chi connectivity index (χ0v) is 14.9. The molecule has 0 unspecified atom stereocenters. The number of aryl methyl sites for hydroxylation is 2. The summed E-state index contributed by atoms with van der Waals surface area (Å²) in [5.74, 6) is -0.448. The van der Waals surface area contributed by atoms with E-state index in [1.165, 1.54) is 21.9 Å². The molecule has 0 radical (unpaired) electrons. The summed E-state index contributed by atoms with van der Waals surface area (Å²) in [4.78, 5) is 30.7. The number of fused-ring (bicyclic) bond motifs is 1. The number of hydrogen-bond donors (Lipinski definition) is 1. The number of anilines is 1. The highest BCUT2D eigenvalue weighted by Crippen LogP contribution is 2.18. The largest absolute Gasteiger partial charge is 0.322 e. The summed E-state index contributed by atoms with van der Waals surface area (Å²) in [7, 11) is 0. The van der Waals surface area contributed by atoms with Crippen LogP contribution < -0.4 is 10.9 Å². The Labute approximate surface area is 144 Å². The van der Waals surface area contributed by atoms with Gasteiger partial charge in [-0.1, -0.05) is 0 Å². The van der Waals surface area contributed by atoms with Gasteiger partial charge in [-0.15, -0.1) is 11.3 Å². The van der Waals surface area contributed by atoms with Crippen molar-refractivity contribution >= 4 is 50.5 Å². The number of amides is 1. The van der Waals surface area contributed by atoms with Crippen molar-refractivity contribution in [2.45, 2.75) is 13.8 Å². The first-order valence-corrected chi connectivity index (χ1v) is 8.41. The highest BCUT2D eigenvalue weighted by molar-refractivity contribution is 14.1.